The molecule has 5 nitrogen and oxygen atoms in total. The standard InChI is InChI=1S/C10H18N2O3S/c13-10-9(3-1-2-4-11-10)12-5-7-16(14,15)8-6-12/h9H,1-8H2,(H,11,13). The van der Waals surface area contributed by atoms with Crippen LogP contribution in [0.3, 0.4) is 0 Å². The molecule has 0 saturated carbocycles. The first-order valence-corrected chi connectivity index (χ1v) is 7.63. The van der Waals surface area contributed by atoms with Gasteiger partial charge in [-0.3, -0.25) is 9.69 Å². The van der Waals surface area contributed by atoms with Gasteiger partial charge in [0, 0.05) is 19.6 Å². The molecular weight excluding hydrogens is 228 g/mol. The number of carbonyl (C=O) groups excluding carboxylic acids is 1. The minimum absolute atomic E-state index is 0.0665. The predicted molar refractivity (Wildman–Crippen MR) is 60.9 cm³/mol. The first kappa shape index (κ1) is 11.9. The summed E-state index contributed by atoms with van der Waals surface area (Å²) in [6, 6.07) is -0.113. The van der Waals surface area contributed by atoms with Crippen molar-refractivity contribution in [1.82, 2.24) is 10.2 Å². The first-order valence-electron chi connectivity index (χ1n) is 5.81. The van der Waals surface area contributed by atoms with Gasteiger partial charge in [-0.05, 0) is 19.3 Å². The first-order chi connectivity index (χ1) is 7.58. The van der Waals surface area contributed by atoms with E-state index in [0.29, 0.717) is 13.1 Å². The van der Waals surface area contributed by atoms with Crippen LogP contribution < -0.4 is 5.32 Å². The summed E-state index contributed by atoms with van der Waals surface area (Å²) in [5.74, 6) is 0.449. The normalized spacial score (nSPS) is 31.8. The lowest BCUT2D eigenvalue weighted by molar-refractivity contribution is -0.126. The van der Waals surface area contributed by atoms with Crippen molar-refractivity contribution in [3.63, 3.8) is 0 Å². The number of hydrogen-bond donors (Lipinski definition) is 1. The van der Waals surface area contributed by atoms with E-state index in [-0.39, 0.29) is 23.5 Å². The number of sulfone groups is 1. The largest absolute Gasteiger partial charge is 0.355 e. The van der Waals surface area contributed by atoms with Gasteiger partial charge in [-0.2, -0.15) is 0 Å². The van der Waals surface area contributed by atoms with Crippen LogP contribution in [0.15, 0.2) is 0 Å². The second kappa shape index (κ2) is 4.71. The fourth-order valence-electron chi connectivity index (χ4n) is 2.31. The Morgan fingerprint density at radius 1 is 1.19 bits per heavy atom. The molecule has 0 aromatic heterocycles. The summed E-state index contributed by atoms with van der Waals surface area (Å²) in [6.07, 6.45) is 2.91. The highest BCUT2D eigenvalue weighted by molar-refractivity contribution is 7.91. The molecule has 6 heteroatoms. The van der Waals surface area contributed by atoms with E-state index in [1.165, 1.54) is 0 Å². The number of rotatable bonds is 1. The third kappa shape index (κ3) is 2.74. The minimum atomic E-state index is -2.85. The molecule has 2 aliphatic rings. The fraction of sp³-hybridized carbons (Fsp3) is 0.900. The average Bonchev–Trinajstić information content (AvgIpc) is 2.44. The minimum Gasteiger partial charge on any atom is -0.355 e. The summed E-state index contributed by atoms with van der Waals surface area (Å²) in [4.78, 5) is 13.8. The second-order valence-electron chi connectivity index (χ2n) is 4.49. The van der Waals surface area contributed by atoms with Gasteiger partial charge in [0.15, 0.2) is 9.84 Å². The molecule has 1 atom stereocenters. The molecule has 0 aliphatic carbocycles. The van der Waals surface area contributed by atoms with Crippen LogP contribution in [0.25, 0.3) is 0 Å². The van der Waals surface area contributed by atoms with Gasteiger partial charge in [0.25, 0.3) is 0 Å². The Balaban J connectivity index is 1.99. The van der Waals surface area contributed by atoms with E-state index in [1.54, 1.807) is 0 Å². The molecule has 2 rings (SSSR count). The van der Waals surface area contributed by atoms with E-state index < -0.39 is 9.84 Å². The smallest absolute Gasteiger partial charge is 0.237 e. The maximum atomic E-state index is 11.8. The summed E-state index contributed by atoms with van der Waals surface area (Å²) in [7, 11) is -2.85. The molecule has 2 saturated heterocycles. The van der Waals surface area contributed by atoms with Crippen molar-refractivity contribution < 1.29 is 13.2 Å². The molecule has 0 aromatic carbocycles. The number of carbonyl (C=O) groups is 1. The highest BCUT2D eigenvalue weighted by Gasteiger charge is 2.31. The lowest BCUT2D eigenvalue weighted by Crippen LogP contribution is -2.51. The van der Waals surface area contributed by atoms with Crippen molar-refractivity contribution in [2.45, 2.75) is 25.3 Å². The third-order valence-corrected chi connectivity index (χ3v) is 4.94. The Hall–Kier alpha value is -0.620. The van der Waals surface area contributed by atoms with E-state index in [1.807, 2.05) is 4.90 Å². The molecule has 2 fully saturated rings. The maximum Gasteiger partial charge on any atom is 0.237 e. The van der Waals surface area contributed by atoms with Crippen molar-refractivity contribution in [2.24, 2.45) is 0 Å². The molecule has 2 aliphatic heterocycles. The number of hydrogen-bond acceptors (Lipinski definition) is 4. The summed E-state index contributed by atoms with van der Waals surface area (Å²) in [5, 5.41) is 2.88. The average molecular weight is 246 g/mol. The molecule has 1 N–H and O–H groups in total. The van der Waals surface area contributed by atoms with Gasteiger partial charge in [0.2, 0.25) is 5.91 Å². The van der Waals surface area contributed by atoms with Crippen LogP contribution in [0.2, 0.25) is 0 Å². The monoisotopic (exact) mass is 246 g/mol. The third-order valence-electron chi connectivity index (χ3n) is 3.33. The quantitative estimate of drug-likeness (QED) is 0.670. The summed E-state index contributed by atoms with van der Waals surface area (Å²) < 4.78 is 22.6. The van der Waals surface area contributed by atoms with E-state index in [0.717, 1.165) is 25.8 Å². The van der Waals surface area contributed by atoms with Crippen LogP contribution in [0.1, 0.15) is 19.3 Å². The van der Waals surface area contributed by atoms with Crippen LogP contribution in [0.5, 0.6) is 0 Å². The lowest BCUT2D eigenvalue weighted by Gasteiger charge is -2.32. The highest BCUT2D eigenvalue weighted by atomic mass is 32.2. The molecule has 16 heavy (non-hydrogen) atoms. The molecule has 2 heterocycles. The van der Waals surface area contributed by atoms with Gasteiger partial charge in [0.1, 0.15) is 0 Å². The highest BCUT2D eigenvalue weighted by Crippen LogP contribution is 2.15. The van der Waals surface area contributed by atoms with Crippen molar-refractivity contribution >= 4 is 15.7 Å². The molecule has 92 valence electrons. The van der Waals surface area contributed by atoms with Crippen LogP contribution in [-0.2, 0) is 14.6 Å². The van der Waals surface area contributed by atoms with Crippen molar-refractivity contribution in [2.75, 3.05) is 31.1 Å². The molecular formula is C10H18N2O3S. The summed E-state index contributed by atoms with van der Waals surface area (Å²) in [5.41, 5.74) is 0. The van der Waals surface area contributed by atoms with Gasteiger partial charge < -0.3 is 5.32 Å². The summed E-state index contributed by atoms with van der Waals surface area (Å²) in [6.45, 7) is 1.75. The molecule has 1 unspecified atom stereocenters. The second-order valence-corrected chi connectivity index (χ2v) is 6.79. The maximum absolute atomic E-state index is 11.8. The van der Waals surface area contributed by atoms with E-state index in [9.17, 15) is 13.2 Å². The van der Waals surface area contributed by atoms with Crippen molar-refractivity contribution in [3.8, 4) is 0 Å². The van der Waals surface area contributed by atoms with E-state index in [2.05, 4.69) is 5.32 Å². The van der Waals surface area contributed by atoms with E-state index >= 15 is 0 Å². The Morgan fingerprint density at radius 3 is 2.56 bits per heavy atom. The molecule has 1 amide bonds. The van der Waals surface area contributed by atoms with Gasteiger partial charge in [-0.25, -0.2) is 8.42 Å². The number of amides is 1. The zero-order valence-electron chi connectivity index (χ0n) is 9.31. The molecule has 0 bridgehead atoms. The molecule has 0 aromatic rings. The van der Waals surface area contributed by atoms with Gasteiger partial charge in [-0.15, -0.1) is 0 Å². The van der Waals surface area contributed by atoms with Crippen LogP contribution >= 0.6 is 0 Å². The van der Waals surface area contributed by atoms with Gasteiger partial charge >= 0.3 is 0 Å². The zero-order valence-corrected chi connectivity index (χ0v) is 10.1. The Bertz CT molecular complexity index is 352. The topological polar surface area (TPSA) is 66.5 Å². The van der Waals surface area contributed by atoms with Gasteiger partial charge in [0.05, 0.1) is 17.5 Å². The predicted octanol–water partition coefficient (Wildman–Crippen LogP) is -0.614. The summed E-state index contributed by atoms with van der Waals surface area (Å²) >= 11 is 0. The molecule has 0 spiro atoms. The zero-order chi connectivity index (χ0) is 11.6. The SMILES string of the molecule is O=C1NCCCCC1N1CCS(=O)(=O)CC1. The van der Waals surface area contributed by atoms with Crippen molar-refractivity contribution in [1.29, 1.82) is 0 Å². The van der Waals surface area contributed by atoms with Gasteiger partial charge in [-0.1, -0.05) is 0 Å². The Morgan fingerprint density at radius 2 is 1.88 bits per heavy atom. The lowest BCUT2D eigenvalue weighted by atomic mass is 10.1. The van der Waals surface area contributed by atoms with Crippen molar-refractivity contribution in [3.05, 3.63) is 0 Å². The Labute approximate surface area is 96.1 Å². The van der Waals surface area contributed by atoms with Crippen LogP contribution in [0.4, 0.5) is 0 Å². The van der Waals surface area contributed by atoms with Crippen LogP contribution in [-0.4, -0.2) is 56.4 Å². The number of nitrogens with zero attached hydrogens (tertiary/aromatic N) is 1. The molecule has 0 radical (unpaired) electrons. The number of nitrogens with one attached hydrogen (secondary N) is 1. The Kier molecular flexibility index (Phi) is 3.49. The fourth-order valence-corrected chi connectivity index (χ4v) is 3.54. The van der Waals surface area contributed by atoms with E-state index in [4.69, 9.17) is 0 Å². The van der Waals surface area contributed by atoms with Crippen LogP contribution in [0, 0.1) is 0 Å².